The van der Waals surface area contributed by atoms with Crippen molar-refractivity contribution in [2.75, 3.05) is 25.6 Å². The van der Waals surface area contributed by atoms with Crippen LogP contribution in [0.25, 0.3) is 0 Å². The molecule has 0 aliphatic heterocycles. The molecule has 7 heteroatoms. The number of methoxy groups -OCH3 is 1. The minimum absolute atomic E-state index is 0.0883. The van der Waals surface area contributed by atoms with Crippen molar-refractivity contribution in [3.05, 3.63) is 29.6 Å². The lowest BCUT2D eigenvalue weighted by molar-refractivity contribution is 0.0697. The Morgan fingerprint density at radius 2 is 2.15 bits per heavy atom. The summed E-state index contributed by atoms with van der Waals surface area (Å²) >= 11 is 0. The van der Waals surface area contributed by atoms with Gasteiger partial charge in [-0.15, -0.1) is 0 Å². The van der Waals surface area contributed by atoms with Crippen LogP contribution < -0.4 is 10.6 Å². The molecule has 20 heavy (non-hydrogen) atoms. The molecule has 1 rings (SSSR count). The summed E-state index contributed by atoms with van der Waals surface area (Å²) in [7, 11) is 1.55. The highest BCUT2D eigenvalue weighted by atomic mass is 19.1. The molecular weight excluding hydrogens is 267 g/mol. The molecular formula is C13H17FN2O4. The van der Waals surface area contributed by atoms with Gasteiger partial charge in [0.1, 0.15) is 5.82 Å². The Morgan fingerprint density at radius 3 is 2.75 bits per heavy atom. The number of anilines is 1. The second kappa shape index (κ2) is 7.44. The summed E-state index contributed by atoms with van der Waals surface area (Å²) in [4.78, 5) is 22.6. The average molecular weight is 284 g/mol. The Kier molecular flexibility index (Phi) is 5.92. The molecule has 2 amide bonds. The van der Waals surface area contributed by atoms with Crippen LogP contribution in [0.1, 0.15) is 17.3 Å². The van der Waals surface area contributed by atoms with Gasteiger partial charge in [0.2, 0.25) is 0 Å². The summed E-state index contributed by atoms with van der Waals surface area (Å²) < 4.78 is 18.5. The van der Waals surface area contributed by atoms with E-state index in [9.17, 15) is 14.0 Å². The highest BCUT2D eigenvalue weighted by Gasteiger charge is 2.16. The third kappa shape index (κ3) is 4.51. The number of carboxylic acid groups (broad SMARTS) is 1. The van der Waals surface area contributed by atoms with E-state index < -0.39 is 17.8 Å². The number of hydrogen-bond donors (Lipinski definition) is 3. The highest BCUT2D eigenvalue weighted by molar-refractivity contribution is 6.00. The van der Waals surface area contributed by atoms with E-state index in [2.05, 4.69) is 10.6 Å². The molecule has 0 bridgehead atoms. The first-order valence-electron chi connectivity index (χ1n) is 6.01. The lowest BCUT2D eigenvalue weighted by Crippen LogP contribution is -2.34. The van der Waals surface area contributed by atoms with Crippen molar-refractivity contribution in [3.63, 3.8) is 0 Å². The van der Waals surface area contributed by atoms with Crippen LogP contribution in [0.4, 0.5) is 14.9 Å². The summed E-state index contributed by atoms with van der Waals surface area (Å²) in [6.07, 6.45) is 0. The van der Waals surface area contributed by atoms with Gasteiger partial charge in [-0.05, 0) is 18.1 Å². The van der Waals surface area contributed by atoms with Crippen molar-refractivity contribution in [2.45, 2.75) is 6.92 Å². The Hall–Kier alpha value is -2.15. The summed E-state index contributed by atoms with van der Waals surface area (Å²) in [5, 5.41) is 13.7. The van der Waals surface area contributed by atoms with E-state index >= 15 is 0 Å². The number of rotatable bonds is 6. The number of urea groups is 1. The Balaban J connectivity index is 2.69. The predicted molar refractivity (Wildman–Crippen MR) is 71.4 cm³/mol. The van der Waals surface area contributed by atoms with Crippen LogP contribution in [-0.2, 0) is 4.74 Å². The number of carbonyl (C=O) groups excluding carboxylic acids is 1. The molecule has 1 atom stereocenters. The molecule has 0 aromatic heterocycles. The molecule has 110 valence electrons. The third-order valence-corrected chi connectivity index (χ3v) is 2.54. The highest BCUT2D eigenvalue weighted by Crippen LogP contribution is 2.19. The largest absolute Gasteiger partial charge is 0.478 e. The van der Waals surface area contributed by atoms with Crippen LogP contribution in [0.15, 0.2) is 18.2 Å². The second-order valence-corrected chi connectivity index (χ2v) is 4.36. The smallest absolute Gasteiger partial charge is 0.337 e. The SMILES string of the molecule is COCC(C)CNC(=O)Nc1c(F)cccc1C(=O)O. The molecule has 0 radical (unpaired) electrons. The van der Waals surface area contributed by atoms with Gasteiger partial charge in [0, 0.05) is 13.7 Å². The minimum atomic E-state index is -1.31. The summed E-state index contributed by atoms with van der Waals surface area (Å²) in [5.41, 5.74) is -0.651. The van der Waals surface area contributed by atoms with Crippen molar-refractivity contribution in [1.29, 1.82) is 0 Å². The number of aromatic carboxylic acids is 1. The van der Waals surface area contributed by atoms with E-state index in [1.165, 1.54) is 12.1 Å². The number of halogens is 1. The van der Waals surface area contributed by atoms with E-state index in [0.29, 0.717) is 13.2 Å². The van der Waals surface area contributed by atoms with E-state index in [4.69, 9.17) is 9.84 Å². The maximum absolute atomic E-state index is 13.6. The zero-order valence-electron chi connectivity index (χ0n) is 11.3. The standard InChI is InChI=1S/C13H17FN2O4/c1-8(7-20-2)6-15-13(19)16-11-9(12(17)18)4-3-5-10(11)14/h3-5,8H,6-7H2,1-2H3,(H,17,18)(H2,15,16,19). The lowest BCUT2D eigenvalue weighted by Gasteiger charge is -2.13. The van der Waals surface area contributed by atoms with E-state index in [0.717, 1.165) is 6.07 Å². The minimum Gasteiger partial charge on any atom is -0.478 e. The van der Waals surface area contributed by atoms with Gasteiger partial charge >= 0.3 is 12.0 Å². The van der Waals surface area contributed by atoms with Gasteiger partial charge in [-0.1, -0.05) is 13.0 Å². The maximum atomic E-state index is 13.6. The van der Waals surface area contributed by atoms with Crippen molar-refractivity contribution >= 4 is 17.7 Å². The van der Waals surface area contributed by atoms with Crippen LogP contribution in [-0.4, -0.2) is 37.4 Å². The van der Waals surface area contributed by atoms with Gasteiger partial charge in [-0.2, -0.15) is 0 Å². The van der Waals surface area contributed by atoms with Gasteiger partial charge in [0.25, 0.3) is 0 Å². The lowest BCUT2D eigenvalue weighted by atomic mass is 10.1. The van der Waals surface area contributed by atoms with Crippen LogP contribution >= 0.6 is 0 Å². The van der Waals surface area contributed by atoms with E-state index in [1.807, 2.05) is 6.92 Å². The molecule has 0 saturated heterocycles. The monoisotopic (exact) mass is 284 g/mol. The first-order valence-corrected chi connectivity index (χ1v) is 6.01. The molecule has 1 unspecified atom stereocenters. The quantitative estimate of drug-likeness (QED) is 0.744. The molecule has 0 saturated carbocycles. The molecule has 1 aromatic rings. The molecule has 6 nitrogen and oxygen atoms in total. The number of hydrogen-bond acceptors (Lipinski definition) is 3. The molecule has 0 aliphatic carbocycles. The van der Waals surface area contributed by atoms with Crippen LogP contribution in [0.3, 0.4) is 0 Å². The average Bonchev–Trinajstić information content (AvgIpc) is 2.39. The molecule has 3 N–H and O–H groups in total. The summed E-state index contributed by atoms with van der Waals surface area (Å²) in [6, 6.07) is 2.90. The Morgan fingerprint density at radius 1 is 1.45 bits per heavy atom. The van der Waals surface area contributed by atoms with Gasteiger partial charge in [0.15, 0.2) is 0 Å². The normalized spacial score (nSPS) is 11.8. The van der Waals surface area contributed by atoms with Crippen molar-refractivity contribution < 1.29 is 23.8 Å². The van der Waals surface area contributed by atoms with E-state index in [-0.39, 0.29) is 17.2 Å². The number of ether oxygens (including phenoxy) is 1. The van der Waals surface area contributed by atoms with Gasteiger partial charge in [-0.3, -0.25) is 0 Å². The van der Waals surface area contributed by atoms with Gasteiger partial charge in [-0.25, -0.2) is 14.0 Å². The number of carbonyl (C=O) groups is 2. The van der Waals surface area contributed by atoms with Crippen molar-refractivity contribution in [1.82, 2.24) is 5.32 Å². The maximum Gasteiger partial charge on any atom is 0.337 e. The Bertz CT molecular complexity index is 493. The fourth-order valence-electron chi connectivity index (χ4n) is 1.60. The predicted octanol–water partition coefficient (Wildman–Crippen LogP) is 1.93. The Labute approximate surface area is 115 Å². The van der Waals surface area contributed by atoms with Crippen LogP contribution in [0.2, 0.25) is 0 Å². The molecule has 0 spiro atoms. The van der Waals surface area contributed by atoms with Gasteiger partial charge < -0.3 is 20.5 Å². The number of carboxylic acids is 1. The fourth-order valence-corrected chi connectivity index (χ4v) is 1.60. The number of amides is 2. The van der Waals surface area contributed by atoms with Crippen LogP contribution in [0, 0.1) is 11.7 Å². The fraction of sp³-hybridized carbons (Fsp3) is 0.385. The molecule has 0 heterocycles. The number of para-hydroxylation sites is 1. The molecule has 1 aromatic carbocycles. The number of nitrogens with one attached hydrogen (secondary N) is 2. The van der Waals surface area contributed by atoms with Crippen LogP contribution in [0.5, 0.6) is 0 Å². The summed E-state index contributed by atoms with van der Waals surface area (Å²) in [6.45, 7) is 2.67. The molecule has 0 fully saturated rings. The van der Waals surface area contributed by atoms with Crippen molar-refractivity contribution in [2.24, 2.45) is 5.92 Å². The molecule has 0 aliphatic rings. The topological polar surface area (TPSA) is 87.7 Å². The van der Waals surface area contributed by atoms with Crippen molar-refractivity contribution in [3.8, 4) is 0 Å². The zero-order valence-corrected chi connectivity index (χ0v) is 11.3. The first kappa shape index (κ1) is 15.9. The third-order valence-electron chi connectivity index (χ3n) is 2.54. The summed E-state index contributed by atoms with van der Waals surface area (Å²) in [5.74, 6) is -2.03. The first-order chi connectivity index (χ1) is 9.45. The van der Waals surface area contributed by atoms with E-state index in [1.54, 1.807) is 7.11 Å². The zero-order chi connectivity index (χ0) is 15.1. The number of benzene rings is 1. The van der Waals surface area contributed by atoms with Gasteiger partial charge in [0.05, 0.1) is 17.9 Å². The second-order valence-electron chi connectivity index (χ2n) is 4.36.